The average molecular weight is 436 g/mol. The van der Waals surface area contributed by atoms with Crippen LogP contribution in [0, 0.1) is 17.0 Å². The molecule has 0 aromatic heterocycles. The van der Waals surface area contributed by atoms with Gasteiger partial charge in [0.1, 0.15) is 0 Å². The molecule has 0 aliphatic carbocycles. The van der Waals surface area contributed by atoms with Crippen molar-refractivity contribution in [3.8, 4) is 0 Å². The summed E-state index contributed by atoms with van der Waals surface area (Å²) < 4.78 is 0. The third-order valence-corrected chi connectivity index (χ3v) is 5.22. The number of carbonyl (C=O) groups is 3. The second-order valence-electron chi connectivity index (χ2n) is 6.87. The number of hydrogen-bond acceptors (Lipinski definition) is 5. The van der Waals surface area contributed by atoms with Crippen LogP contribution in [0.5, 0.6) is 0 Å². The molecule has 0 radical (unpaired) electrons. The third kappa shape index (κ3) is 3.53. The monoisotopic (exact) mass is 435 g/mol. The van der Waals surface area contributed by atoms with Crippen molar-refractivity contribution < 1.29 is 19.3 Å². The van der Waals surface area contributed by atoms with Gasteiger partial charge in [-0.3, -0.25) is 24.5 Å². The molecule has 1 aliphatic heterocycles. The van der Waals surface area contributed by atoms with Gasteiger partial charge in [-0.15, -0.1) is 0 Å². The Morgan fingerprint density at radius 3 is 2.23 bits per heavy atom. The van der Waals surface area contributed by atoms with E-state index in [4.69, 9.17) is 11.6 Å². The number of fused-ring (bicyclic) bond motifs is 1. The molecule has 3 aromatic carbocycles. The Hall–Kier alpha value is -4.04. The van der Waals surface area contributed by atoms with Gasteiger partial charge in [0.05, 0.1) is 26.8 Å². The average Bonchev–Trinajstić information content (AvgIpc) is 2.99. The van der Waals surface area contributed by atoms with Crippen molar-refractivity contribution >= 4 is 46.4 Å². The van der Waals surface area contributed by atoms with Crippen LogP contribution in [-0.4, -0.2) is 22.6 Å². The number of amides is 3. The van der Waals surface area contributed by atoms with Crippen molar-refractivity contribution in [2.45, 2.75) is 6.92 Å². The zero-order valence-corrected chi connectivity index (χ0v) is 16.8. The first kappa shape index (κ1) is 20.2. The molecule has 154 valence electrons. The van der Waals surface area contributed by atoms with E-state index in [1.807, 2.05) is 0 Å². The van der Waals surface area contributed by atoms with E-state index >= 15 is 0 Å². The van der Waals surface area contributed by atoms with E-state index in [0.29, 0.717) is 22.4 Å². The quantitative estimate of drug-likeness (QED) is 0.365. The van der Waals surface area contributed by atoms with Crippen molar-refractivity contribution in [3.05, 3.63) is 98.1 Å². The van der Waals surface area contributed by atoms with Crippen LogP contribution in [0.4, 0.5) is 17.1 Å². The summed E-state index contributed by atoms with van der Waals surface area (Å²) in [6.45, 7) is 1.66. The van der Waals surface area contributed by atoms with Gasteiger partial charge >= 0.3 is 0 Å². The van der Waals surface area contributed by atoms with Crippen LogP contribution in [-0.2, 0) is 0 Å². The minimum Gasteiger partial charge on any atom is -0.322 e. The zero-order chi connectivity index (χ0) is 22.3. The molecule has 0 saturated carbocycles. The van der Waals surface area contributed by atoms with Crippen molar-refractivity contribution in [3.63, 3.8) is 0 Å². The van der Waals surface area contributed by atoms with Gasteiger partial charge in [0.15, 0.2) is 0 Å². The predicted molar refractivity (Wildman–Crippen MR) is 115 cm³/mol. The lowest BCUT2D eigenvalue weighted by molar-refractivity contribution is -0.384. The molecule has 0 bridgehead atoms. The highest BCUT2D eigenvalue weighted by atomic mass is 35.5. The molecule has 1 N–H and O–H groups in total. The largest absolute Gasteiger partial charge is 0.322 e. The second-order valence-corrected chi connectivity index (χ2v) is 7.28. The highest BCUT2D eigenvalue weighted by Gasteiger charge is 2.37. The number of carbonyl (C=O) groups excluding carboxylic acids is 3. The minimum atomic E-state index is -0.579. The number of anilines is 2. The van der Waals surface area contributed by atoms with Crippen LogP contribution in [0.25, 0.3) is 0 Å². The summed E-state index contributed by atoms with van der Waals surface area (Å²) in [6, 6.07) is 14.8. The molecular formula is C22H14ClN3O5. The Balaban J connectivity index is 1.60. The summed E-state index contributed by atoms with van der Waals surface area (Å²) in [5, 5.41) is 13.7. The van der Waals surface area contributed by atoms with Crippen LogP contribution >= 0.6 is 11.6 Å². The Morgan fingerprint density at radius 1 is 1.00 bits per heavy atom. The van der Waals surface area contributed by atoms with Gasteiger partial charge in [0, 0.05) is 23.4 Å². The minimum absolute atomic E-state index is 0.0862. The lowest BCUT2D eigenvalue weighted by atomic mass is 10.1. The fourth-order valence-electron chi connectivity index (χ4n) is 3.34. The molecule has 0 fully saturated rings. The number of nitrogens with one attached hydrogen (secondary N) is 1. The number of nitro groups is 1. The van der Waals surface area contributed by atoms with E-state index in [0.717, 1.165) is 4.90 Å². The van der Waals surface area contributed by atoms with E-state index < -0.39 is 22.6 Å². The van der Waals surface area contributed by atoms with Crippen molar-refractivity contribution in [2.24, 2.45) is 0 Å². The van der Waals surface area contributed by atoms with Crippen molar-refractivity contribution in [1.29, 1.82) is 0 Å². The second kappa shape index (κ2) is 7.66. The first-order chi connectivity index (χ1) is 14.8. The highest BCUT2D eigenvalue weighted by Crippen LogP contribution is 2.35. The Bertz CT molecular complexity index is 1250. The molecule has 31 heavy (non-hydrogen) atoms. The maximum atomic E-state index is 12.7. The van der Waals surface area contributed by atoms with E-state index in [1.165, 1.54) is 36.4 Å². The van der Waals surface area contributed by atoms with E-state index in [1.54, 1.807) is 31.2 Å². The summed E-state index contributed by atoms with van der Waals surface area (Å²) in [5.74, 6) is -1.51. The van der Waals surface area contributed by atoms with Gasteiger partial charge in [0.25, 0.3) is 23.4 Å². The molecular weight excluding hydrogens is 422 g/mol. The number of imide groups is 1. The summed E-state index contributed by atoms with van der Waals surface area (Å²) >= 11 is 6.32. The molecule has 3 amide bonds. The molecule has 0 atom stereocenters. The summed E-state index contributed by atoms with van der Waals surface area (Å²) in [7, 11) is 0. The number of nitrogens with zero attached hydrogens (tertiary/aromatic N) is 2. The maximum Gasteiger partial charge on any atom is 0.270 e. The molecule has 0 unspecified atom stereocenters. The number of halogens is 1. The predicted octanol–water partition coefficient (Wildman–Crippen LogP) is 4.61. The summed E-state index contributed by atoms with van der Waals surface area (Å²) in [5.41, 5.74) is 1.60. The van der Waals surface area contributed by atoms with Gasteiger partial charge in [0.2, 0.25) is 0 Å². The first-order valence-electron chi connectivity index (χ1n) is 9.11. The normalized spacial score (nSPS) is 12.6. The molecule has 3 aromatic rings. The SMILES string of the molecule is Cc1ccc([N+](=O)[O-])cc1C(=O)Nc1ccc(N2C(=O)c3ccccc3C2=O)c(Cl)c1. The van der Waals surface area contributed by atoms with Gasteiger partial charge in [-0.1, -0.05) is 29.8 Å². The van der Waals surface area contributed by atoms with Crippen molar-refractivity contribution in [2.75, 3.05) is 10.2 Å². The zero-order valence-electron chi connectivity index (χ0n) is 16.1. The number of rotatable bonds is 4. The molecule has 0 saturated heterocycles. The summed E-state index contributed by atoms with van der Waals surface area (Å²) in [4.78, 5) is 49.3. The van der Waals surface area contributed by atoms with Crippen LogP contribution in [0.1, 0.15) is 36.6 Å². The van der Waals surface area contributed by atoms with E-state index in [2.05, 4.69) is 5.32 Å². The smallest absolute Gasteiger partial charge is 0.270 e. The fraction of sp³-hybridized carbons (Fsp3) is 0.0455. The molecule has 0 spiro atoms. The number of hydrogen-bond donors (Lipinski definition) is 1. The third-order valence-electron chi connectivity index (χ3n) is 4.92. The van der Waals surface area contributed by atoms with Crippen LogP contribution in [0.3, 0.4) is 0 Å². The highest BCUT2D eigenvalue weighted by molar-refractivity contribution is 6.40. The molecule has 1 aliphatic rings. The molecule has 1 heterocycles. The van der Waals surface area contributed by atoms with Gasteiger partial charge in [-0.25, -0.2) is 4.90 Å². The standard InChI is InChI=1S/C22H14ClN3O5/c1-12-6-8-14(26(30)31)11-17(12)20(27)24-13-7-9-19(18(23)10-13)25-21(28)15-4-2-3-5-16(15)22(25)29/h2-11H,1H3,(H,24,27). The van der Waals surface area contributed by atoms with Gasteiger partial charge in [-0.2, -0.15) is 0 Å². The number of benzene rings is 3. The number of non-ortho nitro benzene ring substituents is 1. The lowest BCUT2D eigenvalue weighted by Crippen LogP contribution is -2.29. The molecule has 4 rings (SSSR count). The fourth-order valence-corrected chi connectivity index (χ4v) is 3.61. The van der Waals surface area contributed by atoms with E-state index in [-0.39, 0.29) is 22.0 Å². The molecule has 9 heteroatoms. The van der Waals surface area contributed by atoms with Gasteiger partial charge < -0.3 is 5.32 Å². The topological polar surface area (TPSA) is 110 Å². The maximum absolute atomic E-state index is 12.7. The Kier molecular flexibility index (Phi) is 5.00. The molecule has 8 nitrogen and oxygen atoms in total. The lowest BCUT2D eigenvalue weighted by Gasteiger charge is -2.16. The number of nitro benzene ring substituents is 1. The van der Waals surface area contributed by atoms with E-state index in [9.17, 15) is 24.5 Å². The first-order valence-corrected chi connectivity index (χ1v) is 9.49. The Labute approximate surface area is 181 Å². The van der Waals surface area contributed by atoms with Crippen LogP contribution in [0.15, 0.2) is 60.7 Å². The van der Waals surface area contributed by atoms with Crippen LogP contribution in [0.2, 0.25) is 5.02 Å². The van der Waals surface area contributed by atoms with Crippen molar-refractivity contribution in [1.82, 2.24) is 0 Å². The van der Waals surface area contributed by atoms with Crippen LogP contribution < -0.4 is 10.2 Å². The summed E-state index contributed by atoms with van der Waals surface area (Å²) in [6.07, 6.45) is 0. The van der Waals surface area contributed by atoms with Gasteiger partial charge in [-0.05, 0) is 42.8 Å². The number of aryl methyl sites for hydroxylation is 1. The Morgan fingerprint density at radius 2 is 1.65 bits per heavy atom.